The van der Waals surface area contributed by atoms with Gasteiger partial charge in [0.15, 0.2) is 6.10 Å². The van der Waals surface area contributed by atoms with Gasteiger partial charge < -0.3 is 14.2 Å². The maximum Gasteiger partial charge on any atom is 0.306 e. The Morgan fingerprint density at radius 2 is 0.485 bits per heavy atom. The lowest BCUT2D eigenvalue weighted by molar-refractivity contribution is -0.167. The number of hydrogen-bond acceptors (Lipinski definition) is 6. The molecule has 0 bridgehead atoms. The molecule has 0 aliphatic carbocycles. The van der Waals surface area contributed by atoms with Gasteiger partial charge in [0.05, 0.1) is 0 Å². The Kier molecular flexibility index (Phi) is 53.5. The summed E-state index contributed by atoms with van der Waals surface area (Å²) < 4.78 is 16.9. The average molecular weight is 962 g/mol. The topological polar surface area (TPSA) is 78.9 Å². The van der Waals surface area contributed by atoms with Crippen molar-refractivity contribution in [3.8, 4) is 0 Å². The zero-order valence-electron chi connectivity index (χ0n) is 46.7. The number of rotatable bonds is 56. The van der Waals surface area contributed by atoms with Gasteiger partial charge in [-0.2, -0.15) is 0 Å². The van der Waals surface area contributed by atoms with Gasteiger partial charge in [-0.3, -0.25) is 14.4 Å². The Morgan fingerprint density at radius 3 is 0.721 bits per heavy atom. The third-order valence-corrected chi connectivity index (χ3v) is 14.2. The highest BCUT2D eigenvalue weighted by Gasteiger charge is 2.19. The zero-order chi connectivity index (χ0) is 49.6. The van der Waals surface area contributed by atoms with Crippen molar-refractivity contribution in [3.05, 3.63) is 0 Å². The predicted octanol–water partition coefficient (Wildman–Crippen LogP) is 20.4. The lowest BCUT2D eigenvalue weighted by Gasteiger charge is -2.18. The van der Waals surface area contributed by atoms with Crippen molar-refractivity contribution < 1.29 is 28.6 Å². The Morgan fingerprint density at radius 1 is 0.279 bits per heavy atom. The Balaban J connectivity index is 4.29. The molecule has 0 aromatic rings. The molecule has 68 heavy (non-hydrogen) atoms. The largest absolute Gasteiger partial charge is 0.462 e. The molecule has 6 nitrogen and oxygen atoms in total. The van der Waals surface area contributed by atoms with E-state index in [9.17, 15) is 14.4 Å². The average Bonchev–Trinajstić information content (AvgIpc) is 3.31. The van der Waals surface area contributed by atoms with Crippen LogP contribution in [0.5, 0.6) is 0 Å². The van der Waals surface area contributed by atoms with E-state index in [4.69, 9.17) is 14.2 Å². The number of esters is 3. The van der Waals surface area contributed by atoms with E-state index in [0.29, 0.717) is 19.3 Å². The van der Waals surface area contributed by atoms with Crippen LogP contribution in [0, 0.1) is 11.8 Å². The maximum absolute atomic E-state index is 12.9. The van der Waals surface area contributed by atoms with Crippen molar-refractivity contribution in [3.63, 3.8) is 0 Å². The molecule has 0 saturated heterocycles. The number of unbranched alkanes of at least 4 members (excludes halogenated alkanes) is 41. The fraction of sp³-hybridized carbons (Fsp3) is 0.952. The van der Waals surface area contributed by atoms with E-state index in [-0.39, 0.29) is 31.1 Å². The first-order valence-corrected chi connectivity index (χ1v) is 30.7. The van der Waals surface area contributed by atoms with Crippen molar-refractivity contribution in [2.75, 3.05) is 13.2 Å². The van der Waals surface area contributed by atoms with Gasteiger partial charge >= 0.3 is 17.9 Å². The highest BCUT2D eigenvalue weighted by molar-refractivity contribution is 5.71. The fourth-order valence-electron chi connectivity index (χ4n) is 9.58. The van der Waals surface area contributed by atoms with Crippen molar-refractivity contribution in [2.45, 2.75) is 355 Å². The number of carbonyl (C=O) groups is 3. The molecule has 0 amide bonds. The van der Waals surface area contributed by atoms with Crippen LogP contribution in [0.1, 0.15) is 349 Å². The van der Waals surface area contributed by atoms with E-state index in [1.807, 2.05) is 0 Å². The van der Waals surface area contributed by atoms with Crippen LogP contribution in [-0.2, 0) is 28.6 Å². The van der Waals surface area contributed by atoms with E-state index >= 15 is 0 Å². The van der Waals surface area contributed by atoms with Crippen LogP contribution in [0.4, 0.5) is 0 Å². The summed E-state index contributed by atoms with van der Waals surface area (Å²) in [4.78, 5) is 38.2. The number of ether oxygens (including phenoxy) is 3. The lowest BCUT2D eigenvalue weighted by Crippen LogP contribution is -2.30. The lowest BCUT2D eigenvalue weighted by atomic mass is 10.0. The molecule has 404 valence electrons. The van der Waals surface area contributed by atoms with E-state index in [2.05, 4.69) is 34.6 Å². The Hall–Kier alpha value is -1.59. The first kappa shape index (κ1) is 66.4. The molecular formula is C62H120O6. The Labute approximate surface area is 425 Å². The van der Waals surface area contributed by atoms with Gasteiger partial charge in [0.25, 0.3) is 0 Å². The molecule has 0 aromatic carbocycles. The van der Waals surface area contributed by atoms with Crippen LogP contribution in [0.3, 0.4) is 0 Å². The van der Waals surface area contributed by atoms with Crippen molar-refractivity contribution >= 4 is 17.9 Å². The maximum atomic E-state index is 12.9. The van der Waals surface area contributed by atoms with Gasteiger partial charge in [-0.15, -0.1) is 0 Å². The van der Waals surface area contributed by atoms with Crippen LogP contribution in [0.2, 0.25) is 0 Å². The first-order chi connectivity index (χ1) is 33.2. The van der Waals surface area contributed by atoms with Gasteiger partial charge in [0, 0.05) is 19.3 Å². The normalized spacial score (nSPS) is 12.0. The molecule has 6 heteroatoms. The zero-order valence-corrected chi connectivity index (χ0v) is 46.7. The molecule has 0 aliphatic heterocycles. The molecule has 0 heterocycles. The second kappa shape index (κ2) is 54.7. The number of carbonyl (C=O) groups excluding carboxylic acids is 3. The molecule has 0 rings (SSSR count). The standard InChI is InChI=1S/C62H120O6/c1-6-7-8-9-10-11-12-13-14-15-16-17-21-27-32-37-42-47-52-60(63)66-55-59(68-62(65)54-49-44-39-34-29-24-23-26-31-36-41-46-51-58(4)5)56-67-61(64)53-48-43-38-33-28-22-19-18-20-25-30-35-40-45-50-57(2)3/h57-59H,6-56H2,1-5H3/t59-/m0/s1. The summed E-state index contributed by atoms with van der Waals surface area (Å²) in [5.74, 6) is 0.842. The minimum Gasteiger partial charge on any atom is -0.462 e. The fourth-order valence-corrected chi connectivity index (χ4v) is 9.58. The van der Waals surface area contributed by atoms with Crippen molar-refractivity contribution in [1.82, 2.24) is 0 Å². The van der Waals surface area contributed by atoms with E-state index in [1.54, 1.807) is 0 Å². The third-order valence-electron chi connectivity index (χ3n) is 14.2. The smallest absolute Gasteiger partial charge is 0.306 e. The van der Waals surface area contributed by atoms with Crippen LogP contribution in [0.15, 0.2) is 0 Å². The summed E-state index contributed by atoms with van der Waals surface area (Å²) in [5, 5.41) is 0. The summed E-state index contributed by atoms with van der Waals surface area (Å²) in [6, 6.07) is 0. The van der Waals surface area contributed by atoms with E-state index in [0.717, 1.165) is 69.6 Å². The third kappa shape index (κ3) is 55.3. The predicted molar refractivity (Wildman–Crippen MR) is 293 cm³/mol. The van der Waals surface area contributed by atoms with Gasteiger partial charge in [-0.25, -0.2) is 0 Å². The minimum atomic E-state index is -0.763. The molecule has 1 atom stereocenters. The Bertz CT molecular complexity index is 1040. The molecule has 0 spiro atoms. The first-order valence-electron chi connectivity index (χ1n) is 30.7. The van der Waals surface area contributed by atoms with Crippen molar-refractivity contribution in [2.24, 2.45) is 11.8 Å². The molecule has 0 aromatic heterocycles. The van der Waals surface area contributed by atoms with E-state index in [1.165, 1.54) is 238 Å². The molecule has 0 unspecified atom stereocenters. The molecule has 0 saturated carbocycles. The molecular weight excluding hydrogens is 841 g/mol. The van der Waals surface area contributed by atoms with E-state index < -0.39 is 6.10 Å². The molecule has 0 N–H and O–H groups in total. The highest BCUT2D eigenvalue weighted by atomic mass is 16.6. The molecule has 0 aliphatic rings. The quantitative estimate of drug-likeness (QED) is 0.0343. The molecule has 0 fully saturated rings. The summed E-state index contributed by atoms with van der Waals surface area (Å²) in [5.41, 5.74) is 0. The van der Waals surface area contributed by atoms with Crippen LogP contribution in [-0.4, -0.2) is 37.2 Å². The van der Waals surface area contributed by atoms with Gasteiger partial charge in [0.1, 0.15) is 13.2 Å². The SMILES string of the molecule is CCCCCCCCCCCCCCCCCCCCC(=O)OC[C@@H](COC(=O)CCCCCCCCCCCCCCCCC(C)C)OC(=O)CCCCCCCCCCCCCCC(C)C. The summed E-state index contributed by atoms with van der Waals surface area (Å²) in [7, 11) is 0. The summed E-state index contributed by atoms with van der Waals surface area (Å²) >= 11 is 0. The second-order valence-electron chi connectivity index (χ2n) is 22.3. The van der Waals surface area contributed by atoms with Gasteiger partial charge in [-0.05, 0) is 31.1 Å². The summed E-state index contributed by atoms with van der Waals surface area (Å²) in [6.07, 6.45) is 59.5. The number of hydrogen-bond donors (Lipinski definition) is 0. The minimum absolute atomic E-state index is 0.0622. The molecule has 0 radical (unpaired) electrons. The van der Waals surface area contributed by atoms with Crippen LogP contribution < -0.4 is 0 Å². The van der Waals surface area contributed by atoms with Gasteiger partial charge in [-0.1, -0.05) is 311 Å². The second-order valence-corrected chi connectivity index (χ2v) is 22.3. The highest BCUT2D eigenvalue weighted by Crippen LogP contribution is 2.19. The van der Waals surface area contributed by atoms with Crippen LogP contribution in [0.25, 0.3) is 0 Å². The van der Waals surface area contributed by atoms with Gasteiger partial charge in [0.2, 0.25) is 0 Å². The van der Waals surface area contributed by atoms with Crippen LogP contribution >= 0.6 is 0 Å². The summed E-state index contributed by atoms with van der Waals surface area (Å²) in [6.45, 7) is 11.4. The van der Waals surface area contributed by atoms with Crippen molar-refractivity contribution in [1.29, 1.82) is 0 Å². The monoisotopic (exact) mass is 961 g/mol.